The zero-order valence-electron chi connectivity index (χ0n) is 19.2. The van der Waals surface area contributed by atoms with Crippen molar-refractivity contribution in [1.82, 2.24) is 29.8 Å². The van der Waals surface area contributed by atoms with E-state index in [0.717, 1.165) is 0 Å². The number of carbonyl (C=O) groups excluding carboxylic acids is 1. The molecule has 4 atom stereocenters. The summed E-state index contributed by atoms with van der Waals surface area (Å²) in [5, 5.41) is 43.9. The number of hydrogen-bond acceptors (Lipinski definition) is 11. The quantitative estimate of drug-likeness (QED) is 0.157. The number of carbonyl (C=O) groups is 1. The number of amides is 1. The lowest BCUT2D eigenvalue weighted by molar-refractivity contribution is -0.0245. The van der Waals surface area contributed by atoms with Crippen LogP contribution in [-0.2, 0) is 4.74 Å². The van der Waals surface area contributed by atoms with Crippen LogP contribution >= 0.6 is 0 Å². The number of nitrogens with zero attached hydrogens (tertiary/aromatic N) is 5. The molecule has 7 N–H and O–H groups in total. The minimum Gasteiger partial charge on any atom is -0.504 e. The number of fused-ring (bicyclic) bond motifs is 1. The number of aromatic hydroxyl groups is 2. The second kappa shape index (κ2) is 9.81. The first kappa shape index (κ1) is 24.1. The molecule has 13 nitrogen and oxygen atoms in total. The Morgan fingerprint density at radius 1 is 1.11 bits per heavy atom. The Bertz CT molecular complexity index is 1480. The molecule has 4 heterocycles. The lowest BCUT2D eigenvalue weighted by atomic mass is 10.0. The summed E-state index contributed by atoms with van der Waals surface area (Å²) in [4.78, 5) is 28.8. The smallest absolute Gasteiger partial charge is 0.255 e. The van der Waals surface area contributed by atoms with Crippen LogP contribution < -0.4 is 11.1 Å². The van der Waals surface area contributed by atoms with Crippen LogP contribution in [0.4, 0.5) is 5.82 Å². The Kier molecular flexibility index (Phi) is 6.40. The van der Waals surface area contributed by atoms with Gasteiger partial charge in [0.05, 0.1) is 11.9 Å². The Labute approximate surface area is 209 Å². The van der Waals surface area contributed by atoms with Crippen LogP contribution in [0.15, 0.2) is 61.5 Å². The molecular weight excluding hydrogens is 482 g/mol. The number of aliphatic hydroxyl groups excluding tert-OH is 2. The number of nitrogens with one attached hydrogen (secondary N) is 1. The van der Waals surface area contributed by atoms with E-state index < -0.39 is 41.9 Å². The molecule has 0 aliphatic carbocycles. The SMILES string of the molecule is Nc1ncnc2c1ncn2[C@@H]1O[C@H](/C=C/CNC(=O)c2cc(-c3ccncc3)cc(O)c2O)[C@H](O)C1O. The predicted octanol–water partition coefficient (Wildman–Crippen LogP) is 0.487. The third-order valence-electron chi connectivity index (χ3n) is 5.99. The third-order valence-corrected chi connectivity index (χ3v) is 5.99. The fourth-order valence-corrected chi connectivity index (χ4v) is 4.08. The van der Waals surface area contributed by atoms with Gasteiger partial charge in [0.2, 0.25) is 0 Å². The van der Waals surface area contributed by atoms with Gasteiger partial charge in [0.25, 0.3) is 5.91 Å². The van der Waals surface area contributed by atoms with E-state index in [1.165, 1.54) is 41.5 Å². The Morgan fingerprint density at radius 3 is 2.68 bits per heavy atom. The van der Waals surface area contributed by atoms with Crippen LogP contribution in [0.5, 0.6) is 11.5 Å². The number of nitrogen functional groups attached to an aromatic ring is 1. The molecule has 190 valence electrons. The van der Waals surface area contributed by atoms with Crippen molar-refractivity contribution in [1.29, 1.82) is 0 Å². The van der Waals surface area contributed by atoms with E-state index in [4.69, 9.17) is 10.5 Å². The molecule has 5 rings (SSSR count). The highest BCUT2D eigenvalue weighted by Gasteiger charge is 2.43. The molecule has 1 aromatic carbocycles. The summed E-state index contributed by atoms with van der Waals surface area (Å²) < 4.78 is 7.27. The van der Waals surface area contributed by atoms with Gasteiger partial charge in [0, 0.05) is 18.9 Å². The highest BCUT2D eigenvalue weighted by Crippen LogP contribution is 2.35. The van der Waals surface area contributed by atoms with E-state index in [1.807, 2.05) is 0 Å². The lowest BCUT2D eigenvalue weighted by Crippen LogP contribution is -2.31. The zero-order valence-corrected chi connectivity index (χ0v) is 19.2. The van der Waals surface area contributed by atoms with Gasteiger partial charge in [-0.15, -0.1) is 0 Å². The molecule has 1 amide bonds. The van der Waals surface area contributed by atoms with E-state index in [1.54, 1.807) is 24.5 Å². The summed E-state index contributed by atoms with van der Waals surface area (Å²) in [7, 11) is 0. The number of aromatic nitrogens is 5. The Morgan fingerprint density at radius 2 is 1.89 bits per heavy atom. The van der Waals surface area contributed by atoms with Gasteiger partial charge >= 0.3 is 0 Å². The normalized spacial score (nSPS) is 21.6. The summed E-state index contributed by atoms with van der Waals surface area (Å²) in [6.45, 7) is 0.0175. The van der Waals surface area contributed by atoms with Gasteiger partial charge in [-0.2, -0.15) is 0 Å². The van der Waals surface area contributed by atoms with Crippen molar-refractivity contribution in [2.24, 2.45) is 0 Å². The molecule has 1 unspecified atom stereocenters. The number of aliphatic hydroxyl groups is 2. The van der Waals surface area contributed by atoms with E-state index >= 15 is 0 Å². The summed E-state index contributed by atoms with van der Waals surface area (Å²) in [6, 6.07) is 6.23. The molecule has 3 aromatic heterocycles. The van der Waals surface area contributed by atoms with Crippen molar-refractivity contribution in [3.63, 3.8) is 0 Å². The molecule has 1 aliphatic rings. The second-order valence-corrected chi connectivity index (χ2v) is 8.32. The topological polar surface area (TPSA) is 202 Å². The van der Waals surface area contributed by atoms with Gasteiger partial charge in [0.15, 0.2) is 29.2 Å². The van der Waals surface area contributed by atoms with Crippen molar-refractivity contribution in [2.75, 3.05) is 12.3 Å². The van der Waals surface area contributed by atoms with Gasteiger partial charge in [-0.1, -0.05) is 12.2 Å². The maximum Gasteiger partial charge on any atom is 0.255 e. The monoisotopic (exact) mass is 505 g/mol. The first-order valence-electron chi connectivity index (χ1n) is 11.2. The summed E-state index contributed by atoms with van der Waals surface area (Å²) in [5.41, 5.74) is 7.62. The fourth-order valence-electron chi connectivity index (χ4n) is 4.08. The highest BCUT2D eigenvalue weighted by atomic mass is 16.6. The minimum absolute atomic E-state index is 0.0175. The molecule has 1 fully saturated rings. The number of pyridine rings is 1. The van der Waals surface area contributed by atoms with Crippen LogP contribution in [0.3, 0.4) is 0 Å². The highest BCUT2D eigenvalue weighted by molar-refractivity contribution is 5.99. The third kappa shape index (κ3) is 4.53. The molecule has 0 saturated carbocycles. The van der Waals surface area contributed by atoms with E-state index in [0.29, 0.717) is 22.3 Å². The number of rotatable bonds is 6. The summed E-state index contributed by atoms with van der Waals surface area (Å²) in [6.07, 6.45) is 4.43. The molecule has 1 aliphatic heterocycles. The van der Waals surface area contributed by atoms with Crippen LogP contribution in [0.1, 0.15) is 16.6 Å². The molecular formula is C24H23N7O6. The summed E-state index contributed by atoms with van der Waals surface area (Å²) >= 11 is 0. The number of phenolic OH excluding ortho intramolecular Hbond substituents is 2. The first-order chi connectivity index (χ1) is 17.8. The second-order valence-electron chi connectivity index (χ2n) is 8.32. The molecule has 0 radical (unpaired) electrons. The molecule has 37 heavy (non-hydrogen) atoms. The van der Waals surface area contributed by atoms with Crippen LogP contribution in [-0.4, -0.2) is 75.7 Å². The average Bonchev–Trinajstić information content (AvgIpc) is 3.45. The van der Waals surface area contributed by atoms with Gasteiger partial charge in [-0.05, 0) is 35.4 Å². The largest absolute Gasteiger partial charge is 0.504 e. The predicted molar refractivity (Wildman–Crippen MR) is 130 cm³/mol. The van der Waals surface area contributed by atoms with Crippen molar-refractivity contribution in [2.45, 2.75) is 24.5 Å². The number of ether oxygens (including phenoxy) is 1. The number of anilines is 1. The van der Waals surface area contributed by atoms with E-state index in [9.17, 15) is 25.2 Å². The Balaban J connectivity index is 1.25. The maximum atomic E-state index is 12.7. The van der Waals surface area contributed by atoms with Crippen molar-refractivity contribution < 1.29 is 30.0 Å². The van der Waals surface area contributed by atoms with Crippen molar-refractivity contribution in [3.8, 4) is 22.6 Å². The number of imidazole rings is 1. The number of hydrogen-bond donors (Lipinski definition) is 6. The van der Waals surface area contributed by atoms with Gasteiger partial charge in [-0.25, -0.2) is 15.0 Å². The van der Waals surface area contributed by atoms with Crippen LogP contribution in [0.25, 0.3) is 22.3 Å². The molecule has 1 saturated heterocycles. The molecule has 4 aromatic rings. The van der Waals surface area contributed by atoms with Gasteiger partial charge in [-0.3, -0.25) is 14.3 Å². The van der Waals surface area contributed by atoms with Crippen LogP contribution in [0, 0.1) is 0 Å². The van der Waals surface area contributed by atoms with Crippen LogP contribution in [0.2, 0.25) is 0 Å². The fraction of sp³-hybridized carbons (Fsp3) is 0.208. The average molecular weight is 505 g/mol. The van der Waals surface area contributed by atoms with Crippen molar-refractivity contribution in [3.05, 3.63) is 67.0 Å². The lowest BCUT2D eigenvalue weighted by Gasteiger charge is -2.16. The standard InChI is InChI=1S/C24H23N7O6/c25-21-17-22(29-10-28-21)31(11-30-17)24-20(35)19(34)16(37-24)2-1-5-27-23(36)14-8-13(9-15(32)18(14)33)12-3-6-26-7-4-12/h1-4,6-11,16,19-20,24,32-35H,5H2,(H,27,36)(H2,25,28,29)/b2-1+/t16-,19+,20?,24-/m1/s1. The zero-order chi connectivity index (χ0) is 26.1. The van der Waals surface area contributed by atoms with Gasteiger partial charge < -0.3 is 36.2 Å². The number of phenols is 2. The number of benzene rings is 1. The first-order valence-corrected chi connectivity index (χ1v) is 11.2. The van der Waals surface area contributed by atoms with Gasteiger partial charge in [0.1, 0.15) is 30.2 Å². The molecule has 0 spiro atoms. The van der Waals surface area contributed by atoms with E-state index in [2.05, 4.69) is 25.3 Å². The maximum absolute atomic E-state index is 12.7. The number of nitrogens with two attached hydrogens (primary N) is 1. The van der Waals surface area contributed by atoms with E-state index in [-0.39, 0.29) is 17.9 Å². The Hall–Kier alpha value is -4.59. The minimum atomic E-state index is -1.28. The summed E-state index contributed by atoms with van der Waals surface area (Å²) in [5.74, 6) is -1.43. The van der Waals surface area contributed by atoms with Crippen molar-refractivity contribution >= 4 is 22.9 Å². The molecule has 13 heteroatoms. The molecule has 0 bridgehead atoms.